The van der Waals surface area contributed by atoms with Gasteiger partial charge in [0.2, 0.25) is 0 Å². The van der Waals surface area contributed by atoms with Crippen LogP contribution in [0.5, 0.6) is 0 Å². The van der Waals surface area contributed by atoms with Crippen molar-refractivity contribution < 1.29 is 4.42 Å². The molecule has 5 heteroatoms. The SMILES string of the molecule is c1ccc(-n2c3ccccc3c3cc(-c4nc(-c5cc(C6CCc7cc8ccccc8cc7-c7ccccc76)c6c(c5)oc5ccccc56)nc(-c5cccc6ccccc56)n4)ccc32)cc1. The molecule has 0 spiro atoms. The van der Waals surface area contributed by atoms with E-state index >= 15 is 0 Å². The molecular formula is C62H40N4O. The molecular weight excluding hydrogens is 817 g/mol. The van der Waals surface area contributed by atoms with Gasteiger partial charge in [0.15, 0.2) is 17.5 Å². The minimum Gasteiger partial charge on any atom is -0.456 e. The minimum atomic E-state index is 0.0679. The van der Waals surface area contributed by atoms with E-state index in [9.17, 15) is 0 Å². The number of para-hydroxylation sites is 3. The third-order valence-corrected chi connectivity index (χ3v) is 14.1. The molecule has 1 aliphatic carbocycles. The highest BCUT2D eigenvalue weighted by Crippen LogP contribution is 2.47. The van der Waals surface area contributed by atoms with Crippen LogP contribution >= 0.6 is 0 Å². The molecule has 0 aliphatic heterocycles. The van der Waals surface area contributed by atoms with Crippen molar-refractivity contribution in [2.75, 3.05) is 0 Å². The predicted molar refractivity (Wildman–Crippen MR) is 275 cm³/mol. The van der Waals surface area contributed by atoms with Gasteiger partial charge >= 0.3 is 0 Å². The van der Waals surface area contributed by atoms with E-state index in [4.69, 9.17) is 19.4 Å². The van der Waals surface area contributed by atoms with Crippen LogP contribution < -0.4 is 0 Å². The number of hydrogen-bond acceptors (Lipinski definition) is 4. The number of nitrogens with zero attached hydrogens (tertiary/aromatic N) is 4. The van der Waals surface area contributed by atoms with Crippen molar-refractivity contribution in [3.63, 3.8) is 0 Å². The molecule has 0 amide bonds. The Morgan fingerprint density at radius 1 is 0.403 bits per heavy atom. The molecule has 1 aliphatic rings. The Balaban J connectivity index is 1.01. The van der Waals surface area contributed by atoms with Gasteiger partial charge in [0, 0.05) is 49.8 Å². The quantitative estimate of drug-likeness (QED) is 0.173. The lowest BCUT2D eigenvalue weighted by Crippen LogP contribution is -2.05. The van der Waals surface area contributed by atoms with E-state index in [1.165, 1.54) is 44.0 Å². The maximum atomic E-state index is 6.82. The van der Waals surface area contributed by atoms with Crippen molar-refractivity contribution in [3.05, 3.63) is 229 Å². The molecule has 314 valence electrons. The van der Waals surface area contributed by atoms with Crippen LogP contribution in [0.15, 0.2) is 217 Å². The standard InChI is InChI=1S/C62H40N4O/c1-2-19-44(20-3-1)66-55-27-12-10-24-49(55)53-35-42(30-32-56(53)66)60-63-61(65-62(64-60)50-26-14-18-38-15-6-7-21-45(38)50)43-36-54(59-51-25-11-13-28-57(51)67-58(59)37-43)48-31-29-41-33-39-16-4-5-17-40(39)34-52(41)47-23-9-8-22-46(47)48/h1-28,30,32-37,48H,29,31H2. The average molecular weight is 857 g/mol. The zero-order chi connectivity index (χ0) is 44.0. The van der Waals surface area contributed by atoms with Crippen molar-refractivity contribution in [1.82, 2.24) is 19.5 Å². The summed E-state index contributed by atoms with van der Waals surface area (Å²) in [6.45, 7) is 0. The fourth-order valence-corrected chi connectivity index (χ4v) is 11.0. The second-order valence-electron chi connectivity index (χ2n) is 17.8. The lowest BCUT2D eigenvalue weighted by molar-refractivity contribution is 0.667. The number of furan rings is 1. The van der Waals surface area contributed by atoms with E-state index in [-0.39, 0.29) is 5.92 Å². The zero-order valence-corrected chi connectivity index (χ0v) is 36.4. The first-order valence-electron chi connectivity index (χ1n) is 23.1. The van der Waals surface area contributed by atoms with Gasteiger partial charge in [-0.2, -0.15) is 0 Å². The van der Waals surface area contributed by atoms with E-state index in [1.807, 2.05) is 0 Å². The molecule has 3 heterocycles. The van der Waals surface area contributed by atoms with Gasteiger partial charge in [-0.15, -0.1) is 0 Å². The molecule has 0 saturated carbocycles. The molecule has 1 unspecified atom stereocenters. The highest BCUT2D eigenvalue weighted by atomic mass is 16.3. The Labute approximate surface area is 386 Å². The first-order chi connectivity index (χ1) is 33.2. The van der Waals surface area contributed by atoms with E-state index in [2.05, 4.69) is 217 Å². The fraction of sp³-hybridized carbons (Fsp3) is 0.0484. The molecule has 13 aromatic rings. The normalized spacial score (nSPS) is 13.7. The second kappa shape index (κ2) is 14.9. The van der Waals surface area contributed by atoms with Crippen LogP contribution in [-0.4, -0.2) is 19.5 Å². The summed E-state index contributed by atoms with van der Waals surface area (Å²) in [6.07, 6.45) is 1.87. The Hall–Kier alpha value is -8.67. The fourth-order valence-electron chi connectivity index (χ4n) is 11.0. The zero-order valence-electron chi connectivity index (χ0n) is 36.4. The van der Waals surface area contributed by atoms with Gasteiger partial charge in [-0.25, -0.2) is 15.0 Å². The molecule has 0 saturated heterocycles. The molecule has 5 nitrogen and oxygen atoms in total. The van der Waals surface area contributed by atoms with Crippen LogP contribution in [0.1, 0.15) is 29.0 Å². The van der Waals surface area contributed by atoms with Gasteiger partial charge in [0.05, 0.1) is 11.0 Å². The first kappa shape index (κ1) is 37.7. The highest BCUT2D eigenvalue weighted by molar-refractivity contribution is 6.11. The summed E-state index contributed by atoms with van der Waals surface area (Å²) in [5, 5.41) is 9.31. The van der Waals surface area contributed by atoms with Crippen molar-refractivity contribution in [1.29, 1.82) is 0 Å². The van der Waals surface area contributed by atoms with Crippen LogP contribution in [0.2, 0.25) is 0 Å². The summed E-state index contributed by atoms with van der Waals surface area (Å²) in [5.41, 5.74) is 14.3. The number of aryl methyl sites for hydroxylation is 1. The van der Waals surface area contributed by atoms with Gasteiger partial charge in [0.1, 0.15) is 11.2 Å². The van der Waals surface area contributed by atoms with Crippen LogP contribution in [0, 0.1) is 0 Å². The number of benzene rings is 10. The molecule has 10 aromatic carbocycles. The van der Waals surface area contributed by atoms with Crippen LogP contribution in [0.3, 0.4) is 0 Å². The van der Waals surface area contributed by atoms with Crippen LogP contribution in [0.4, 0.5) is 0 Å². The van der Waals surface area contributed by atoms with Gasteiger partial charge < -0.3 is 8.98 Å². The molecule has 3 aromatic heterocycles. The number of hydrogen-bond donors (Lipinski definition) is 0. The monoisotopic (exact) mass is 856 g/mol. The van der Waals surface area contributed by atoms with Crippen LogP contribution in [0.25, 0.3) is 116 Å². The summed E-state index contributed by atoms with van der Waals surface area (Å²) in [6, 6.07) is 76.1. The molecule has 0 bridgehead atoms. The summed E-state index contributed by atoms with van der Waals surface area (Å²) in [7, 11) is 0. The largest absolute Gasteiger partial charge is 0.456 e. The van der Waals surface area contributed by atoms with E-state index in [0.29, 0.717) is 17.5 Å². The van der Waals surface area contributed by atoms with Crippen LogP contribution in [-0.2, 0) is 6.42 Å². The topological polar surface area (TPSA) is 56.7 Å². The van der Waals surface area contributed by atoms with Crippen molar-refractivity contribution >= 4 is 65.3 Å². The Morgan fingerprint density at radius 2 is 1.06 bits per heavy atom. The lowest BCUT2D eigenvalue weighted by atomic mass is 9.83. The Bertz CT molecular complexity index is 4120. The second-order valence-corrected chi connectivity index (χ2v) is 17.8. The molecule has 0 radical (unpaired) electrons. The van der Waals surface area contributed by atoms with Gasteiger partial charge in [-0.05, 0) is 123 Å². The predicted octanol–water partition coefficient (Wildman–Crippen LogP) is 15.9. The first-order valence-corrected chi connectivity index (χ1v) is 23.1. The van der Waals surface area contributed by atoms with Crippen molar-refractivity contribution in [2.45, 2.75) is 18.8 Å². The van der Waals surface area contributed by atoms with Crippen molar-refractivity contribution in [2.24, 2.45) is 0 Å². The molecule has 1 atom stereocenters. The average Bonchev–Trinajstić information content (AvgIpc) is 3.89. The summed E-state index contributed by atoms with van der Waals surface area (Å²) in [5.74, 6) is 1.90. The third-order valence-electron chi connectivity index (χ3n) is 14.1. The summed E-state index contributed by atoms with van der Waals surface area (Å²) < 4.78 is 9.16. The van der Waals surface area contributed by atoms with Gasteiger partial charge in [0.25, 0.3) is 0 Å². The number of fused-ring (bicyclic) bond motifs is 11. The molecule has 0 fully saturated rings. The van der Waals surface area contributed by atoms with E-state index < -0.39 is 0 Å². The smallest absolute Gasteiger partial charge is 0.164 e. The molecule has 0 N–H and O–H groups in total. The lowest BCUT2D eigenvalue weighted by Gasteiger charge is -2.20. The number of rotatable bonds is 5. The maximum absolute atomic E-state index is 6.82. The third kappa shape index (κ3) is 6.05. The van der Waals surface area contributed by atoms with Gasteiger partial charge in [-0.1, -0.05) is 152 Å². The summed E-state index contributed by atoms with van der Waals surface area (Å²) >= 11 is 0. The summed E-state index contributed by atoms with van der Waals surface area (Å²) in [4.78, 5) is 16.2. The van der Waals surface area contributed by atoms with Crippen molar-refractivity contribution in [3.8, 4) is 51.0 Å². The number of aromatic nitrogens is 4. The maximum Gasteiger partial charge on any atom is 0.164 e. The molecule has 14 rings (SSSR count). The highest BCUT2D eigenvalue weighted by Gasteiger charge is 2.28. The minimum absolute atomic E-state index is 0.0679. The Morgan fingerprint density at radius 3 is 1.94 bits per heavy atom. The van der Waals surface area contributed by atoms with Gasteiger partial charge in [-0.3, -0.25) is 0 Å². The van der Waals surface area contributed by atoms with E-state index in [1.54, 1.807) is 0 Å². The Kier molecular flexibility index (Phi) is 8.40. The molecule has 67 heavy (non-hydrogen) atoms. The van der Waals surface area contributed by atoms with E-state index in [0.717, 1.165) is 84.3 Å².